The predicted octanol–water partition coefficient (Wildman–Crippen LogP) is 5.54. The predicted molar refractivity (Wildman–Crippen MR) is 126 cm³/mol. The Labute approximate surface area is 201 Å². The van der Waals surface area contributed by atoms with Crippen molar-refractivity contribution < 1.29 is 13.5 Å². The first kappa shape index (κ1) is 22.2. The zero-order chi connectivity index (χ0) is 24.1. The lowest BCUT2D eigenvalue weighted by molar-refractivity contribution is 0.0564. The molecule has 0 amide bonds. The second-order valence-electron chi connectivity index (χ2n) is 9.54. The summed E-state index contributed by atoms with van der Waals surface area (Å²) in [6, 6.07) is 4.00. The average Bonchev–Trinajstić information content (AvgIpc) is 3.62. The molecule has 1 aliphatic carbocycles. The van der Waals surface area contributed by atoms with Gasteiger partial charge in [-0.2, -0.15) is 5.10 Å². The molecule has 4 heterocycles. The molecule has 1 aliphatic heterocycles. The van der Waals surface area contributed by atoms with Crippen LogP contribution in [0.5, 0.6) is 0 Å². The van der Waals surface area contributed by atoms with E-state index < -0.39 is 11.6 Å². The Kier molecular flexibility index (Phi) is 5.51. The summed E-state index contributed by atoms with van der Waals surface area (Å²) in [5.41, 5.74) is 3.87. The summed E-state index contributed by atoms with van der Waals surface area (Å²) >= 11 is 0. The van der Waals surface area contributed by atoms with E-state index in [0.29, 0.717) is 47.4 Å². The SMILES string of the molecule is Cc1nc2nc([C@H]3CCCO[C@@H](c4cnn(C5CC5)c4)C3)nc(-c3ccc(F)cc3F)c2nc1C. The van der Waals surface area contributed by atoms with Crippen molar-refractivity contribution in [2.45, 2.75) is 64.0 Å². The normalized spacial score (nSPS) is 20.8. The van der Waals surface area contributed by atoms with E-state index >= 15 is 0 Å². The lowest BCUT2D eigenvalue weighted by atomic mass is 9.94. The minimum Gasteiger partial charge on any atom is -0.373 e. The van der Waals surface area contributed by atoms with Crippen LogP contribution in [0.1, 0.15) is 72.9 Å². The van der Waals surface area contributed by atoms with Crippen LogP contribution in [0.3, 0.4) is 0 Å². The molecule has 9 heteroatoms. The van der Waals surface area contributed by atoms with E-state index in [1.807, 2.05) is 24.7 Å². The van der Waals surface area contributed by atoms with Gasteiger partial charge in [-0.05, 0) is 58.1 Å². The first-order chi connectivity index (χ1) is 17.0. The Morgan fingerprint density at radius 1 is 1.00 bits per heavy atom. The van der Waals surface area contributed by atoms with E-state index in [2.05, 4.69) is 21.3 Å². The number of aromatic nitrogens is 6. The standard InChI is InChI=1S/C26H26F2N6O/c1-14-15(2)31-26-24(30-14)23(20-8-5-18(27)11-21(20)28)32-25(33-26)16-4-3-9-35-22(10-16)17-12-29-34(13-17)19-6-7-19/h5,8,11-13,16,19,22H,3-4,6-7,9-10H2,1-2H3/t16-,22+/m0/s1. The quantitative estimate of drug-likeness (QED) is 0.385. The van der Waals surface area contributed by atoms with E-state index in [-0.39, 0.29) is 17.6 Å². The first-order valence-corrected chi connectivity index (χ1v) is 12.1. The second kappa shape index (κ2) is 8.71. The molecule has 2 aliphatic rings. The van der Waals surface area contributed by atoms with Gasteiger partial charge in [0.25, 0.3) is 0 Å². The van der Waals surface area contributed by atoms with Gasteiger partial charge in [-0.15, -0.1) is 0 Å². The lowest BCUT2D eigenvalue weighted by Gasteiger charge is -2.19. The van der Waals surface area contributed by atoms with Crippen molar-refractivity contribution in [2.75, 3.05) is 6.61 Å². The number of benzene rings is 1. The molecule has 1 saturated carbocycles. The number of rotatable bonds is 4. The molecule has 3 aromatic heterocycles. The molecule has 6 rings (SSSR count). The molecule has 0 bridgehead atoms. The van der Waals surface area contributed by atoms with Crippen molar-refractivity contribution >= 4 is 11.2 Å². The molecular formula is C26H26F2N6O. The Bertz CT molecular complexity index is 1420. The molecule has 0 N–H and O–H groups in total. The smallest absolute Gasteiger partial charge is 0.182 e. The summed E-state index contributed by atoms with van der Waals surface area (Å²) in [6.45, 7) is 4.35. The molecule has 0 spiro atoms. The van der Waals surface area contributed by atoms with Gasteiger partial charge in [0.2, 0.25) is 0 Å². The molecule has 1 aromatic carbocycles. The van der Waals surface area contributed by atoms with Gasteiger partial charge in [0, 0.05) is 35.9 Å². The molecule has 1 saturated heterocycles. The van der Waals surface area contributed by atoms with Crippen LogP contribution in [-0.4, -0.2) is 36.3 Å². The lowest BCUT2D eigenvalue weighted by Crippen LogP contribution is -2.11. The van der Waals surface area contributed by atoms with E-state index in [4.69, 9.17) is 14.7 Å². The largest absolute Gasteiger partial charge is 0.373 e. The highest BCUT2D eigenvalue weighted by atomic mass is 19.1. The molecule has 0 radical (unpaired) electrons. The van der Waals surface area contributed by atoms with Crippen LogP contribution in [0.25, 0.3) is 22.4 Å². The molecular weight excluding hydrogens is 450 g/mol. The summed E-state index contributed by atoms with van der Waals surface area (Å²) in [7, 11) is 0. The summed E-state index contributed by atoms with van der Waals surface area (Å²) in [6.07, 6.45) is 8.58. The van der Waals surface area contributed by atoms with Gasteiger partial charge < -0.3 is 4.74 Å². The van der Waals surface area contributed by atoms with Crippen molar-refractivity contribution in [3.8, 4) is 11.3 Å². The molecule has 35 heavy (non-hydrogen) atoms. The molecule has 0 unspecified atom stereocenters. The van der Waals surface area contributed by atoms with E-state index in [9.17, 15) is 8.78 Å². The van der Waals surface area contributed by atoms with Crippen LogP contribution in [0.2, 0.25) is 0 Å². The topological polar surface area (TPSA) is 78.6 Å². The van der Waals surface area contributed by atoms with E-state index in [1.54, 1.807) is 0 Å². The Balaban J connectivity index is 1.43. The third kappa shape index (κ3) is 4.29. The van der Waals surface area contributed by atoms with Crippen LogP contribution in [0.4, 0.5) is 8.78 Å². The number of hydrogen-bond donors (Lipinski definition) is 0. The monoisotopic (exact) mass is 476 g/mol. The maximum absolute atomic E-state index is 14.9. The Morgan fingerprint density at radius 2 is 1.83 bits per heavy atom. The fraction of sp³-hybridized carbons (Fsp3) is 0.423. The molecule has 7 nitrogen and oxygen atoms in total. The average molecular weight is 477 g/mol. The Hall–Kier alpha value is -3.33. The summed E-state index contributed by atoms with van der Waals surface area (Å²) in [4.78, 5) is 18.9. The van der Waals surface area contributed by atoms with Crippen LogP contribution in [-0.2, 0) is 4.74 Å². The number of fused-ring (bicyclic) bond motifs is 1. The summed E-state index contributed by atoms with van der Waals surface area (Å²) in [5.74, 6) is -0.760. The number of halogens is 2. The van der Waals surface area contributed by atoms with Crippen molar-refractivity contribution in [1.29, 1.82) is 0 Å². The highest BCUT2D eigenvalue weighted by Crippen LogP contribution is 2.39. The summed E-state index contributed by atoms with van der Waals surface area (Å²) < 4.78 is 36.7. The highest BCUT2D eigenvalue weighted by Gasteiger charge is 2.30. The number of hydrogen-bond acceptors (Lipinski definition) is 6. The van der Waals surface area contributed by atoms with E-state index in [1.165, 1.54) is 25.0 Å². The summed E-state index contributed by atoms with van der Waals surface area (Å²) in [5, 5.41) is 4.53. The fourth-order valence-electron chi connectivity index (χ4n) is 4.71. The van der Waals surface area contributed by atoms with Crippen LogP contribution in [0.15, 0.2) is 30.6 Å². The number of ether oxygens (including phenoxy) is 1. The van der Waals surface area contributed by atoms with Crippen molar-refractivity contribution in [3.63, 3.8) is 0 Å². The second-order valence-corrected chi connectivity index (χ2v) is 9.54. The number of aryl methyl sites for hydroxylation is 2. The van der Waals surface area contributed by atoms with Gasteiger partial charge >= 0.3 is 0 Å². The zero-order valence-corrected chi connectivity index (χ0v) is 19.7. The van der Waals surface area contributed by atoms with Crippen LogP contribution >= 0.6 is 0 Å². The third-order valence-corrected chi connectivity index (χ3v) is 6.94. The molecule has 180 valence electrons. The van der Waals surface area contributed by atoms with Gasteiger partial charge in [-0.25, -0.2) is 28.7 Å². The Morgan fingerprint density at radius 3 is 2.63 bits per heavy atom. The molecule has 2 atom stereocenters. The van der Waals surface area contributed by atoms with E-state index in [0.717, 1.165) is 30.2 Å². The minimum atomic E-state index is -0.689. The fourth-order valence-corrected chi connectivity index (χ4v) is 4.71. The van der Waals surface area contributed by atoms with Crippen LogP contribution in [0, 0.1) is 25.5 Å². The maximum Gasteiger partial charge on any atom is 0.182 e. The third-order valence-electron chi connectivity index (χ3n) is 6.94. The first-order valence-electron chi connectivity index (χ1n) is 12.1. The van der Waals surface area contributed by atoms with Gasteiger partial charge in [0.15, 0.2) is 5.65 Å². The van der Waals surface area contributed by atoms with Gasteiger partial charge in [-0.3, -0.25) is 4.68 Å². The van der Waals surface area contributed by atoms with Crippen molar-refractivity contribution in [3.05, 3.63) is 65.0 Å². The molecule has 4 aromatic rings. The van der Waals surface area contributed by atoms with Gasteiger partial charge in [0.1, 0.15) is 28.7 Å². The van der Waals surface area contributed by atoms with Crippen LogP contribution < -0.4 is 0 Å². The van der Waals surface area contributed by atoms with Crippen molar-refractivity contribution in [2.24, 2.45) is 0 Å². The maximum atomic E-state index is 14.9. The minimum absolute atomic E-state index is 0.0122. The van der Waals surface area contributed by atoms with Crippen molar-refractivity contribution in [1.82, 2.24) is 29.7 Å². The highest BCUT2D eigenvalue weighted by molar-refractivity contribution is 5.87. The zero-order valence-electron chi connectivity index (χ0n) is 19.7. The number of nitrogens with zero attached hydrogens (tertiary/aromatic N) is 6. The molecule has 2 fully saturated rings. The van der Waals surface area contributed by atoms with Gasteiger partial charge in [-0.1, -0.05) is 0 Å². The van der Waals surface area contributed by atoms with Gasteiger partial charge in [0.05, 0.1) is 29.7 Å².